The van der Waals surface area contributed by atoms with Gasteiger partial charge in [-0.1, -0.05) is 60.7 Å². The third-order valence-electron chi connectivity index (χ3n) is 5.99. The molecule has 7 nitrogen and oxygen atoms in total. The third kappa shape index (κ3) is 3.75. The zero-order chi connectivity index (χ0) is 21.1. The molecule has 1 saturated carbocycles. The molecule has 2 aromatic rings. The lowest BCUT2D eigenvalue weighted by Gasteiger charge is -2.30. The summed E-state index contributed by atoms with van der Waals surface area (Å²) in [4.78, 5) is 38.7. The van der Waals surface area contributed by atoms with Crippen molar-refractivity contribution in [2.24, 2.45) is 17.3 Å². The maximum atomic E-state index is 12.9. The van der Waals surface area contributed by atoms with Crippen LogP contribution in [0, 0.1) is 17.3 Å². The number of hydrogen-bond acceptors (Lipinski definition) is 5. The summed E-state index contributed by atoms with van der Waals surface area (Å²) in [7, 11) is 0. The molecule has 1 amide bonds. The Bertz CT molecular complexity index is 931. The highest BCUT2D eigenvalue weighted by Gasteiger charge is 2.75. The number of hydrogen-bond donors (Lipinski definition) is 1. The molecular weight excluding hydrogens is 386 g/mol. The van der Waals surface area contributed by atoms with Crippen molar-refractivity contribution in [2.45, 2.75) is 19.6 Å². The van der Waals surface area contributed by atoms with Crippen LogP contribution in [-0.2, 0) is 32.3 Å². The van der Waals surface area contributed by atoms with Crippen LogP contribution in [0.3, 0.4) is 0 Å². The number of benzene rings is 2. The highest BCUT2D eigenvalue weighted by atomic mass is 16.6. The van der Waals surface area contributed by atoms with Crippen LogP contribution < -0.4 is 0 Å². The van der Waals surface area contributed by atoms with Gasteiger partial charge in [0.1, 0.15) is 18.6 Å². The number of piperidine rings is 1. The van der Waals surface area contributed by atoms with Crippen molar-refractivity contribution in [1.29, 1.82) is 0 Å². The van der Waals surface area contributed by atoms with Crippen molar-refractivity contribution < 1.29 is 29.0 Å². The number of likely N-dealkylation sites (tertiary alicyclic amines) is 1. The predicted octanol–water partition coefficient (Wildman–Crippen LogP) is 3.09. The fourth-order valence-corrected chi connectivity index (χ4v) is 4.41. The Balaban J connectivity index is 1.42. The topological polar surface area (TPSA) is 93.1 Å². The maximum Gasteiger partial charge on any atom is 0.410 e. The van der Waals surface area contributed by atoms with Crippen LogP contribution >= 0.6 is 0 Å². The van der Waals surface area contributed by atoms with Gasteiger partial charge in [-0.3, -0.25) is 9.59 Å². The van der Waals surface area contributed by atoms with Gasteiger partial charge in [-0.2, -0.15) is 0 Å². The number of carboxylic acids is 1. The van der Waals surface area contributed by atoms with Crippen molar-refractivity contribution in [2.75, 3.05) is 13.1 Å². The van der Waals surface area contributed by atoms with Crippen LogP contribution in [-0.4, -0.2) is 41.1 Å². The number of ether oxygens (including phenoxy) is 2. The second kappa shape index (κ2) is 8.18. The van der Waals surface area contributed by atoms with Crippen molar-refractivity contribution in [3.05, 3.63) is 71.8 Å². The Labute approximate surface area is 174 Å². The number of carbonyl (C=O) groups excluding carboxylic acids is 2. The first-order chi connectivity index (χ1) is 14.5. The van der Waals surface area contributed by atoms with Gasteiger partial charge in [0.25, 0.3) is 0 Å². The smallest absolute Gasteiger partial charge is 0.410 e. The zero-order valence-corrected chi connectivity index (χ0v) is 16.4. The molecule has 3 atom stereocenters. The summed E-state index contributed by atoms with van der Waals surface area (Å²) in [6, 6.07) is 18.5. The number of carboxylic acid groups (broad SMARTS) is 1. The average molecular weight is 409 g/mol. The number of esters is 1. The van der Waals surface area contributed by atoms with E-state index in [1.54, 1.807) is 0 Å². The summed E-state index contributed by atoms with van der Waals surface area (Å²) in [5, 5.41) is 9.62. The summed E-state index contributed by atoms with van der Waals surface area (Å²) in [6.45, 7) is 0.540. The number of aliphatic carboxylic acids is 1. The lowest BCUT2D eigenvalue weighted by atomic mass is 9.96. The van der Waals surface area contributed by atoms with Crippen LogP contribution in [0.5, 0.6) is 0 Å². The zero-order valence-electron chi connectivity index (χ0n) is 16.4. The van der Waals surface area contributed by atoms with Crippen molar-refractivity contribution in [1.82, 2.24) is 4.90 Å². The van der Waals surface area contributed by atoms with E-state index in [2.05, 4.69) is 0 Å². The molecule has 1 aliphatic heterocycles. The molecule has 4 rings (SSSR count). The first-order valence-electron chi connectivity index (χ1n) is 9.92. The molecule has 1 N–H and O–H groups in total. The summed E-state index contributed by atoms with van der Waals surface area (Å²) < 4.78 is 10.8. The Kier molecular flexibility index (Phi) is 5.44. The second-order valence-electron chi connectivity index (χ2n) is 7.77. The normalized spacial score (nSPS) is 24.5. The van der Waals surface area contributed by atoms with E-state index in [0.29, 0.717) is 13.0 Å². The molecule has 1 aliphatic carbocycles. The number of amides is 1. The Morgan fingerprint density at radius 2 is 1.50 bits per heavy atom. The number of carbonyl (C=O) groups is 3. The molecule has 156 valence electrons. The fourth-order valence-electron chi connectivity index (χ4n) is 4.41. The van der Waals surface area contributed by atoms with E-state index in [0.717, 1.165) is 11.1 Å². The predicted molar refractivity (Wildman–Crippen MR) is 106 cm³/mol. The first kappa shape index (κ1) is 19.9. The number of fused-ring (bicyclic) bond motifs is 1. The molecule has 0 radical (unpaired) electrons. The van der Waals surface area contributed by atoms with E-state index in [-0.39, 0.29) is 25.7 Å². The van der Waals surface area contributed by atoms with E-state index >= 15 is 0 Å². The van der Waals surface area contributed by atoms with Crippen LogP contribution in [0.4, 0.5) is 4.79 Å². The van der Waals surface area contributed by atoms with Crippen LogP contribution in [0.1, 0.15) is 17.5 Å². The van der Waals surface area contributed by atoms with Gasteiger partial charge < -0.3 is 19.5 Å². The highest BCUT2D eigenvalue weighted by Crippen LogP contribution is 2.63. The highest BCUT2D eigenvalue weighted by molar-refractivity contribution is 5.92. The average Bonchev–Trinajstić information content (AvgIpc) is 3.47. The van der Waals surface area contributed by atoms with E-state index < -0.39 is 29.4 Å². The van der Waals surface area contributed by atoms with Gasteiger partial charge in [0, 0.05) is 13.1 Å². The molecule has 2 aliphatic rings. The summed E-state index contributed by atoms with van der Waals surface area (Å²) in [5.74, 6) is -2.76. The minimum Gasteiger partial charge on any atom is -0.481 e. The molecule has 7 heteroatoms. The van der Waals surface area contributed by atoms with Crippen molar-refractivity contribution in [3.8, 4) is 0 Å². The first-order valence-corrected chi connectivity index (χ1v) is 9.92. The van der Waals surface area contributed by atoms with E-state index in [1.165, 1.54) is 4.90 Å². The minimum atomic E-state index is -1.20. The number of nitrogens with zero attached hydrogens (tertiary/aromatic N) is 1. The molecule has 2 fully saturated rings. The molecular formula is C23H23NO6. The van der Waals surface area contributed by atoms with E-state index in [4.69, 9.17) is 9.47 Å². The van der Waals surface area contributed by atoms with Crippen LogP contribution in [0.25, 0.3) is 0 Å². The number of rotatable bonds is 6. The van der Waals surface area contributed by atoms with Gasteiger partial charge in [-0.15, -0.1) is 0 Å². The summed E-state index contributed by atoms with van der Waals surface area (Å²) in [6.07, 6.45) is -0.124. The van der Waals surface area contributed by atoms with Crippen molar-refractivity contribution in [3.63, 3.8) is 0 Å². The Hall–Kier alpha value is -3.35. The maximum absolute atomic E-state index is 12.9. The van der Waals surface area contributed by atoms with Gasteiger partial charge in [-0.05, 0) is 23.5 Å². The quantitative estimate of drug-likeness (QED) is 0.737. The Morgan fingerprint density at radius 1 is 0.933 bits per heavy atom. The Morgan fingerprint density at radius 3 is 2.07 bits per heavy atom. The fraction of sp³-hybridized carbons (Fsp3) is 0.348. The summed E-state index contributed by atoms with van der Waals surface area (Å²) in [5.41, 5.74) is 0.471. The van der Waals surface area contributed by atoms with Gasteiger partial charge in [0.05, 0.1) is 5.92 Å². The molecule has 3 unspecified atom stereocenters. The monoisotopic (exact) mass is 409 g/mol. The third-order valence-corrected chi connectivity index (χ3v) is 5.99. The minimum absolute atomic E-state index is 0.00409. The second-order valence-corrected chi connectivity index (χ2v) is 7.77. The molecule has 1 saturated heterocycles. The van der Waals surface area contributed by atoms with Gasteiger partial charge in [-0.25, -0.2) is 4.79 Å². The molecule has 0 bridgehead atoms. The standard InChI is InChI=1S/C23H23NO6/c25-20(26)19-18-11-12-24(22(28)30-14-17-9-5-2-6-10-17)15-23(18,19)21(27)29-13-16-7-3-1-4-8-16/h1-10,18-19H,11-15H2,(H,25,26). The van der Waals surface area contributed by atoms with Gasteiger partial charge in [0.15, 0.2) is 0 Å². The molecule has 2 aromatic carbocycles. The lowest BCUT2D eigenvalue weighted by molar-refractivity contribution is -0.156. The van der Waals surface area contributed by atoms with E-state index in [9.17, 15) is 19.5 Å². The van der Waals surface area contributed by atoms with Gasteiger partial charge >= 0.3 is 18.0 Å². The SMILES string of the molecule is O=C(O)C1C2CCN(C(=O)OCc3ccccc3)CC21C(=O)OCc1ccccc1. The van der Waals surface area contributed by atoms with Gasteiger partial charge in [0.2, 0.25) is 0 Å². The molecule has 0 spiro atoms. The molecule has 30 heavy (non-hydrogen) atoms. The summed E-state index contributed by atoms with van der Waals surface area (Å²) >= 11 is 0. The molecule has 1 heterocycles. The molecule has 0 aromatic heterocycles. The van der Waals surface area contributed by atoms with Crippen LogP contribution in [0.15, 0.2) is 60.7 Å². The van der Waals surface area contributed by atoms with Crippen LogP contribution in [0.2, 0.25) is 0 Å². The largest absolute Gasteiger partial charge is 0.481 e. The van der Waals surface area contributed by atoms with E-state index in [1.807, 2.05) is 60.7 Å². The van der Waals surface area contributed by atoms with Crippen molar-refractivity contribution >= 4 is 18.0 Å². The lowest BCUT2D eigenvalue weighted by Crippen LogP contribution is -2.45.